The summed E-state index contributed by atoms with van der Waals surface area (Å²) in [5.41, 5.74) is 4.26. The SMILES string of the molecule is OC1CCCCC1Nc1ccc2ncn(-c3ccnc(-c4ccoc4)c3)c2n1. The van der Waals surface area contributed by atoms with Crippen molar-refractivity contribution in [2.45, 2.75) is 37.8 Å². The van der Waals surface area contributed by atoms with Crippen molar-refractivity contribution < 1.29 is 9.52 Å². The van der Waals surface area contributed by atoms with Crippen molar-refractivity contribution in [2.75, 3.05) is 5.32 Å². The molecular weight excluding hydrogens is 354 g/mol. The van der Waals surface area contributed by atoms with Crippen molar-refractivity contribution in [1.29, 1.82) is 0 Å². The van der Waals surface area contributed by atoms with Crippen molar-refractivity contribution in [3.63, 3.8) is 0 Å². The molecule has 0 aliphatic heterocycles. The lowest BCUT2D eigenvalue weighted by Gasteiger charge is -2.28. The van der Waals surface area contributed by atoms with Crippen LogP contribution in [0.15, 0.2) is 59.8 Å². The van der Waals surface area contributed by atoms with Crippen LogP contribution in [0.5, 0.6) is 0 Å². The first-order valence-electron chi connectivity index (χ1n) is 9.56. The number of pyridine rings is 2. The largest absolute Gasteiger partial charge is 0.472 e. The second-order valence-corrected chi connectivity index (χ2v) is 7.17. The molecule has 4 aromatic heterocycles. The number of imidazole rings is 1. The maximum absolute atomic E-state index is 10.2. The maximum atomic E-state index is 10.2. The molecule has 5 rings (SSSR count). The molecule has 2 unspecified atom stereocenters. The van der Waals surface area contributed by atoms with E-state index in [1.165, 1.54) is 0 Å². The number of anilines is 1. The third kappa shape index (κ3) is 3.14. The molecule has 1 saturated carbocycles. The minimum absolute atomic E-state index is 0.0451. The number of aliphatic hydroxyl groups is 1. The minimum atomic E-state index is -0.325. The molecule has 0 aromatic carbocycles. The Balaban J connectivity index is 1.49. The molecular formula is C21H21N5O2. The first kappa shape index (κ1) is 16.9. The number of aliphatic hydroxyl groups excluding tert-OH is 1. The molecule has 4 heterocycles. The summed E-state index contributed by atoms with van der Waals surface area (Å²) in [7, 11) is 0. The summed E-state index contributed by atoms with van der Waals surface area (Å²) in [6.45, 7) is 0. The molecule has 4 aromatic rings. The fraction of sp³-hybridized carbons (Fsp3) is 0.286. The molecule has 0 saturated heterocycles. The minimum Gasteiger partial charge on any atom is -0.472 e. The Morgan fingerprint density at radius 2 is 2.04 bits per heavy atom. The summed E-state index contributed by atoms with van der Waals surface area (Å²) in [5, 5.41) is 13.6. The lowest BCUT2D eigenvalue weighted by Crippen LogP contribution is -2.36. The van der Waals surface area contributed by atoms with Gasteiger partial charge in [0.05, 0.1) is 36.1 Å². The van der Waals surface area contributed by atoms with Crippen molar-refractivity contribution >= 4 is 17.0 Å². The van der Waals surface area contributed by atoms with Gasteiger partial charge < -0.3 is 14.8 Å². The van der Waals surface area contributed by atoms with Gasteiger partial charge in [0.15, 0.2) is 5.65 Å². The van der Waals surface area contributed by atoms with Gasteiger partial charge in [0.1, 0.15) is 17.7 Å². The van der Waals surface area contributed by atoms with Crippen LogP contribution < -0.4 is 5.32 Å². The first-order chi connectivity index (χ1) is 13.8. The number of nitrogens with zero attached hydrogens (tertiary/aromatic N) is 4. The highest BCUT2D eigenvalue weighted by Gasteiger charge is 2.23. The van der Waals surface area contributed by atoms with E-state index in [0.29, 0.717) is 0 Å². The van der Waals surface area contributed by atoms with Crippen LogP contribution in [0.1, 0.15) is 25.7 Å². The van der Waals surface area contributed by atoms with Gasteiger partial charge in [-0.1, -0.05) is 12.8 Å². The van der Waals surface area contributed by atoms with Crippen LogP contribution in [0.3, 0.4) is 0 Å². The summed E-state index contributed by atoms with van der Waals surface area (Å²) < 4.78 is 7.11. The summed E-state index contributed by atoms with van der Waals surface area (Å²) in [6, 6.07) is 9.71. The Morgan fingerprint density at radius 3 is 2.89 bits per heavy atom. The van der Waals surface area contributed by atoms with Crippen LogP contribution in [-0.4, -0.2) is 36.8 Å². The molecule has 1 aliphatic rings. The number of furan rings is 1. The number of aromatic nitrogens is 4. The molecule has 2 atom stereocenters. The number of hydrogen-bond acceptors (Lipinski definition) is 6. The quantitative estimate of drug-likeness (QED) is 0.564. The molecule has 2 N–H and O–H groups in total. The molecule has 1 fully saturated rings. The molecule has 142 valence electrons. The van der Waals surface area contributed by atoms with Gasteiger partial charge in [-0.15, -0.1) is 0 Å². The Bertz CT molecular complexity index is 1090. The zero-order valence-electron chi connectivity index (χ0n) is 15.3. The Hall–Kier alpha value is -3.19. The summed E-state index contributed by atoms with van der Waals surface area (Å²) in [4.78, 5) is 13.7. The maximum Gasteiger partial charge on any atom is 0.166 e. The highest BCUT2D eigenvalue weighted by Crippen LogP contribution is 2.25. The van der Waals surface area contributed by atoms with E-state index in [-0.39, 0.29) is 12.1 Å². The predicted molar refractivity (Wildman–Crippen MR) is 106 cm³/mol. The van der Waals surface area contributed by atoms with Gasteiger partial charge in [0, 0.05) is 11.8 Å². The Morgan fingerprint density at radius 1 is 1.11 bits per heavy atom. The Kier molecular flexibility index (Phi) is 4.29. The lowest BCUT2D eigenvalue weighted by atomic mass is 9.92. The first-order valence-corrected chi connectivity index (χ1v) is 9.56. The topological polar surface area (TPSA) is 89.0 Å². The van der Waals surface area contributed by atoms with Crippen LogP contribution in [0.4, 0.5) is 5.82 Å². The van der Waals surface area contributed by atoms with Gasteiger partial charge in [-0.3, -0.25) is 9.55 Å². The normalized spacial score (nSPS) is 19.8. The van der Waals surface area contributed by atoms with E-state index in [1.807, 2.05) is 34.9 Å². The van der Waals surface area contributed by atoms with E-state index in [4.69, 9.17) is 9.40 Å². The highest BCUT2D eigenvalue weighted by atomic mass is 16.3. The van der Waals surface area contributed by atoms with Gasteiger partial charge in [0.2, 0.25) is 0 Å². The zero-order chi connectivity index (χ0) is 18.9. The van der Waals surface area contributed by atoms with Crippen molar-refractivity contribution in [1.82, 2.24) is 19.5 Å². The van der Waals surface area contributed by atoms with E-state index in [1.54, 1.807) is 25.1 Å². The molecule has 7 heteroatoms. The van der Waals surface area contributed by atoms with Gasteiger partial charge >= 0.3 is 0 Å². The van der Waals surface area contributed by atoms with Crippen LogP contribution in [-0.2, 0) is 0 Å². The molecule has 0 radical (unpaired) electrons. The number of hydrogen-bond donors (Lipinski definition) is 2. The smallest absolute Gasteiger partial charge is 0.166 e. The average molecular weight is 375 g/mol. The fourth-order valence-electron chi connectivity index (χ4n) is 3.77. The third-order valence-electron chi connectivity index (χ3n) is 5.30. The summed E-state index contributed by atoms with van der Waals surface area (Å²) >= 11 is 0. The monoisotopic (exact) mass is 375 g/mol. The van der Waals surface area contributed by atoms with Gasteiger partial charge in [-0.05, 0) is 43.2 Å². The number of rotatable bonds is 4. The standard InChI is InChI=1S/C21H21N5O2/c27-19-4-2-1-3-16(19)24-20-6-5-17-21(25-20)26(13-23-17)15-7-9-22-18(11-15)14-8-10-28-12-14/h5-13,16,19,27H,1-4H2,(H,24,25). The number of fused-ring (bicyclic) bond motifs is 1. The third-order valence-corrected chi connectivity index (χ3v) is 5.30. The van der Waals surface area contributed by atoms with E-state index < -0.39 is 0 Å². The predicted octanol–water partition coefficient (Wildman–Crippen LogP) is 3.79. The lowest BCUT2D eigenvalue weighted by molar-refractivity contribution is 0.116. The van der Waals surface area contributed by atoms with Crippen LogP contribution in [0, 0.1) is 0 Å². The van der Waals surface area contributed by atoms with Gasteiger partial charge in [-0.2, -0.15) is 0 Å². The second-order valence-electron chi connectivity index (χ2n) is 7.17. The van der Waals surface area contributed by atoms with Crippen LogP contribution in [0.25, 0.3) is 28.1 Å². The average Bonchev–Trinajstić information content (AvgIpc) is 3.40. The van der Waals surface area contributed by atoms with Crippen molar-refractivity contribution in [2.24, 2.45) is 0 Å². The van der Waals surface area contributed by atoms with E-state index in [2.05, 4.69) is 15.3 Å². The fourth-order valence-corrected chi connectivity index (χ4v) is 3.77. The molecule has 0 spiro atoms. The van der Waals surface area contributed by atoms with Crippen LogP contribution >= 0.6 is 0 Å². The molecule has 0 amide bonds. The molecule has 1 aliphatic carbocycles. The van der Waals surface area contributed by atoms with Crippen molar-refractivity contribution in [3.05, 3.63) is 55.4 Å². The Labute approximate surface area is 162 Å². The van der Waals surface area contributed by atoms with E-state index >= 15 is 0 Å². The summed E-state index contributed by atoms with van der Waals surface area (Å²) in [6.07, 6.45) is 10.5. The van der Waals surface area contributed by atoms with E-state index in [0.717, 1.165) is 59.6 Å². The van der Waals surface area contributed by atoms with Crippen molar-refractivity contribution in [3.8, 4) is 16.9 Å². The second kappa shape index (κ2) is 7.09. The summed E-state index contributed by atoms with van der Waals surface area (Å²) in [5.74, 6) is 0.754. The highest BCUT2D eigenvalue weighted by molar-refractivity contribution is 5.75. The van der Waals surface area contributed by atoms with Gasteiger partial charge in [0.25, 0.3) is 0 Å². The van der Waals surface area contributed by atoms with E-state index in [9.17, 15) is 5.11 Å². The van der Waals surface area contributed by atoms with Crippen LogP contribution in [0.2, 0.25) is 0 Å². The molecule has 28 heavy (non-hydrogen) atoms. The number of nitrogens with one attached hydrogen (secondary N) is 1. The molecule has 0 bridgehead atoms. The molecule has 7 nitrogen and oxygen atoms in total. The van der Waals surface area contributed by atoms with Gasteiger partial charge in [-0.25, -0.2) is 9.97 Å². The zero-order valence-corrected chi connectivity index (χ0v) is 15.3.